The van der Waals surface area contributed by atoms with Gasteiger partial charge in [0.25, 0.3) is 0 Å². The predicted octanol–water partition coefficient (Wildman–Crippen LogP) is 6.87. The van der Waals surface area contributed by atoms with E-state index in [4.69, 9.17) is 9.47 Å². The number of benzene rings is 3. The van der Waals surface area contributed by atoms with Crippen molar-refractivity contribution in [1.29, 1.82) is 0 Å². The zero-order valence-electron chi connectivity index (χ0n) is 17.9. The molecule has 0 saturated heterocycles. The Hall–Kier alpha value is -2.94. The van der Waals surface area contributed by atoms with Crippen LogP contribution < -0.4 is 9.47 Å². The highest BCUT2D eigenvalue weighted by atomic mass is 16.5. The van der Waals surface area contributed by atoms with Crippen LogP contribution in [0.4, 0.5) is 0 Å². The molecule has 150 valence electrons. The van der Waals surface area contributed by atoms with Crippen molar-refractivity contribution >= 4 is 16.3 Å². The number of aromatic hydroxyl groups is 1. The van der Waals surface area contributed by atoms with Crippen LogP contribution in [0.2, 0.25) is 0 Å². The molecule has 0 heterocycles. The molecule has 3 aromatic carbocycles. The van der Waals surface area contributed by atoms with Crippen LogP contribution in [0.1, 0.15) is 38.8 Å². The lowest BCUT2D eigenvalue weighted by atomic mass is 9.93. The Morgan fingerprint density at radius 3 is 2.04 bits per heavy atom. The number of hydrogen-bond acceptors (Lipinski definition) is 3. The lowest BCUT2D eigenvalue weighted by Crippen LogP contribution is -1.96. The van der Waals surface area contributed by atoms with Crippen molar-refractivity contribution in [3.8, 4) is 17.2 Å². The summed E-state index contributed by atoms with van der Waals surface area (Å²) < 4.78 is 10.8. The highest BCUT2D eigenvalue weighted by molar-refractivity contribution is 5.98. The third kappa shape index (κ3) is 5.29. The zero-order valence-corrected chi connectivity index (χ0v) is 17.9. The molecule has 3 aromatic rings. The lowest BCUT2D eigenvalue weighted by Gasteiger charge is -2.16. The Labute approximate surface area is 169 Å². The summed E-state index contributed by atoms with van der Waals surface area (Å²) in [7, 11) is 3.19. The van der Waals surface area contributed by atoms with Crippen LogP contribution in [0.25, 0.3) is 16.3 Å². The van der Waals surface area contributed by atoms with Gasteiger partial charge in [-0.15, -0.1) is 0 Å². The molecule has 28 heavy (non-hydrogen) atoms. The molecule has 3 nitrogen and oxygen atoms in total. The number of fused-ring (bicyclic) bond motifs is 1. The summed E-state index contributed by atoms with van der Waals surface area (Å²) in [5.41, 5.74) is 3.08. The lowest BCUT2D eigenvalue weighted by molar-refractivity contribution is 0.374. The summed E-state index contributed by atoms with van der Waals surface area (Å²) in [6, 6.07) is 17.6. The van der Waals surface area contributed by atoms with Gasteiger partial charge < -0.3 is 14.6 Å². The van der Waals surface area contributed by atoms with Gasteiger partial charge in [-0.05, 0) is 46.5 Å². The maximum absolute atomic E-state index is 10.0. The molecule has 0 atom stereocenters. The summed E-state index contributed by atoms with van der Waals surface area (Å²) in [4.78, 5) is 0. The van der Waals surface area contributed by atoms with Gasteiger partial charge in [-0.2, -0.15) is 0 Å². The minimum absolute atomic E-state index is 0.120. The number of phenols is 1. The normalized spacial score (nSPS) is 9.50. The van der Waals surface area contributed by atoms with Gasteiger partial charge in [-0.25, -0.2) is 0 Å². The fourth-order valence-corrected chi connectivity index (χ4v) is 2.95. The molecule has 0 amide bonds. The van der Waals surface area contributed by atoms with Gasteiger partial charge in [0.05, 0.1) is 14.2 Å². The van der Waals surface area contributed by atoms with Crippen molar-refractivity contribution in [3.05, 3.63) is 72.3 Å². The maximum atomic E-state index is 10.0. The summed E-state index contributed by atoms with van der Waals surface area (Å²) in [5, 5.41) is 11.9. The smallest absolute Gasteiger partial charge is 0.161 e. The molecule has 0 aliphatic rings. The molecule has 0 aromatic heterocycles. The highest BCUT2D eigenvalue weighted by Crippen LogP contribution is 2.39. The minimum Gasteiger partial charge on any atom is -0.504 e. The van der Waals surface area contributed by atoms with Gasteiger partial charge in [0.15, 0.2) is 11.5 Å². The number of rotatable bonds is 5. The standard InChI is InChI=1S/C21H20O3.2C2H6/c1-14(11-15-7-5-4-6-8-15)21-17-13-20(24-3)18(22)12-16(17)9-10-19(21)23-2;2*1-2/h4-10,12-13,22H,1,11H2,2-3H3;2*1-2H3. The van der Waals surface area contributed by atoms with Crippen LogP contribution in [-0.4, -0.2) is 19.3 Å². The summed E-state index contributed by atoms with van der Waals surface area (Å²) in [5.74, 6) is 1.32. The maximum Gasteiger partial charge on any atom is 0.161 e. The van der Waals surface area contributed by atoms with Crippen molar-refractivity contribution in [2.75, 3.05) is 14.2 Å². The molecule has 1 N–H and O–H groups in total. The molecule has 0 bridgehead atoms. The van der Waals surface area contributed by atoms with Crippen molar-refractivity contribution in [2.45, 2.75) is 34.1 Å². The molecular formula is C25H32O3. The fraction of sp³-hybridized carbons (Fsp3) is 0.280. The van der Waals surface area contributed by atoms with Gasteiger partial charge in [-0.3, -0.25) is 0 Å². The van der Waals surface area contributed by atoms with Gasteiger partial charge in [0.2, 0.25) is 0 Å². The van der Waals surface area contributed by atoms with Crippen molar-refractivity contribution in [1.82, 2.24) is 0 Å². The van der Waals surface area contributed by atoms with Gasteiger partial charge in [0, 0.05) is 5.56 Å². The second-order valence-electron chi connectivity index (χ2n) is 5.65. The van der Waals surface area contributed by atoms with E-state index in [2.05, 4.69) is 18.7 Å². The van der Waals surface area contributed by atoms with Crippen molar-refractivity contribution in [2.24, 2.45) is 0 Å². The van der Waals surface area contributed by atoms with E-state index in [0.29, 0.717) is 5.75 Å². The fourth-order valence-electron chi connectivity index (χ4n) is 2.95. The first kappa shape index (κ1) is 23.1. The summed E-state index contributed by atoms with van der Waals surface area (Å²) in [6.07, 6.45) is 0.722. The van der Waals surface area contributed by atoms with Crippen molar-refractivity contribution < 1.29 is 14.6 Å². The number of ether oxygens (including phenoxy) is 2. The number of phenolic OH excluding ortho intramolecular Hbond substituents is 1. The SMILES string of the molecule is C=C(Cc1ccccc1)c1c(OC)ccc2cc(O)c(OC)cc12.CC.CC. The first-order chi connectivity index (χ1) is 13.6. The molecule has 0 aliphatic carbocycles. The topological polar surface area (TPSA) is 38.7 Å². The monoisotopic (exact) mass is 380 g/mol. The zero-order chi connectivity index (χ0) is 21.1. The second-order valence-corrected chi connectivity index (χ2v) is 5.65. The van der Waals surface area contributed by atoms with E-state index in [0.717, 1.165) is 34.1 Å². The van der Waals surface area contributed by atoms with E-state index in [1.807, 2.05) is 64.1 Å². The summed E-state index contributed by atoms with van der Waals surface area (Å²) in [6.45, 7) is 12.3. The number of methoxy groups -OCH3 is 2. The van der Waals surface area contributed by atoms with E-state index >= 15 is 0 Å². The largest absolute Gasteiger partial charge is 0.504 e. The Kier molecular flexibility index (Phi) is 9.66. The van der Waals surface area contributed by atoms with Crippen LogP contribution in [-0.2, 0) is 6.42 Å². The summed E-state index contributed by atoms with van der Waals surface area (Å²) >= 11 is 0. The van der Waals surface area contributed by atoms with Crippen LogP contribution in [0.3, 0.4) is 0 Å². The quantitative estimate of drug-likeness (QED) is 0.525. The van der Waals surface area contributed by atoms with E-state index in [1.165, 1.54) is 5.56 Å². The molecular weight excluding hydrogens is 348 g/mol. The molecule has 0 saturated carbocycles. The Bertz CT molecular complexity index is 883. The van der Waals surface area contributed by atoms with Crippen LogP contribution >= 0.6 is 0 Å². The van der Waals surface area contributed by atoms with Gasteiger partial charge in [0.1, 0.15) is 5.75 Å². The number of hydrogen-bond donors (Lipinski definition) is 1. The molecule has 0 radical (unpaired) electrons. The molecule has 3 rings (SSSR count). The van der Waals surface area contributed by atoms with Gasteiger partial charge >= 0.3 is 0 Å². The Morgan fingerprint density at radius 2 is 1.46 bits per heavy atom. The van der Waals surface area contributed by atoms with Crippen LogP contribution in [0.5, 0.6) is 17.2 Å². The third-order valence-corrected chi connectivity index (χ3v) is 4.11. The molecule has 3 heteroatoms. The van der Waals surface area contributed by atoms with Crippen LogP contribution in [0, 0.1) is 0 Å². The first-order valence-corrected chi connectivity index (χ1v) is 9.74. The first-order valence-electron chi connectivity index (χ1n) is 9.74. The van der Waals surface area contributed by atoms with Crippen molar-refractivity contribution in [3.63, 3.8) is 0 Å². The molecule has 0 aliphatic heterocycles. The number of allylic oxidation sites excluding steroid dienone is 1. The molecule has 0 spiro atoms. The second kappa shape index (κ2) is 11.7. The Balaban J connectivity index is 0.000000921. The average Bonchev–Trinajstić information content (AvgIpc) is 2.75. The van der Waals surface area contributed by atoms with E-state index in [1.54, 1.807) is 20.3 Å². The van der Waals surface area contributed by atoms with Gasteiger partial charge in [-0.1, -0.05) is 70.7 Å². The van der Waals surface area contributed by atoms with Crippen LogP contribution in [0.15, 0.2) is 61.2 Å². The van der Waals surface area contributed by atoms with E-state index in [-0.39, 0.29) is 5.75 Å². The predicted molar refractivity (Wildman–Crippen MR) is 121 cm³/mol. The van der Waals surface area contributed by atoms with E-state index in [9.17, 15) is 5.11 Å². The van der Waals surface area contributed by atoms with E-state index < -0.39 is 0 Å². The Morgan fingerprint density at radius 1 is 0.857 bits per heavy atom. The third-order valence-electron chi connectivity index (χ3n) is 4.11. The average molecular weight is 381 g/mol. The highest BCUT2D eigenvalue weighted by Gasteiger charge is 2.15. The molecule has 0 fully saturated rings. The minimum atomic E-state index is 0.120. The molecule has 0 unspecified atom stereocenters.